The molecule has 0 aromatic carbocycles. The summed E-state index contributed by atoms with van der Waals surface area (Å²) in [6.07, 6.45) is 2.33. The van der Waals surface area contributed by atoms with Gasteiger partial charge in [-0.2, -0.15) is 0 Å². The fourth-order valence-corrected chi connectivity index (χ4v) is 2.08. The first kappa shape index (κ1) is 13.0. The minimum Gasteiger partial charge on any atom is -0.382 e. The number of rotatable bonds is 7. The third kappa shape index (κ3) is 3.48. The fraction of sp³-hybridized carbons (Fsp3) is 0.917. The Morgan fingerprint density at radius 3 is 2.88 bits per heavy atom. The third-order valence-electron chi connectivity index (χ3n) is 3.16. The van der Waals surface area contributed by atoms with Crippen LogP contribution in [0.15, 0.2) is 0 Å². The zero-order valence-corrected chi connectivity index (χ0v) is 10.2. The summed E-state index contributed by atoms with van der Waals surface area (Å²) in [4.78, 5) is 11.4. The van der Waals surface area contributed by atoms with Crippen LogP contribution in [0.3, 0.4) is 0 Å². The van der Waals surface area contributed by atoms with Crippen molar-refractivity contribution in [1.29, 1.82) is 0 Å². The van der Waals surface area contributed by atoms with Gasteiger partial charge in [-0.15, -0.1) is 0 Å². The van der Waals surface area contributed by atoms with E-state index in [1.54, 1.807) is 7.11 Å². The zero-order valence-electron chi connectivity index (χ0n) is 10.2. The first-order valence-electron chi connectivity index (χ1n) is 6.17. The van der Waals surface area contributed by atoms with Crippen LogP contribution in [0.25, 0.3) is 0 Å². The van der Waals surface area contributed by atoms with Crippen LogP contribution in [-0.4, -0.2) is 57.6 Å². The minimum absolute atomic E-state index is 0.0939. The Balaban J connectivity index is 1.64. The molecule has 1 aliphatic heterocycles. The molecule has 2 aliphatic rings. The molecule has 0 aromatic rings. The largest absolute Gasteiger partial charge is 0.382 e. The Labute approximate surface area is 101 Å². The quantitative estimate of drug-likeness (QED) is 0.612. The Morgan fingerprint density at radius 2 is 2.24 bits per heavy atom. The van der Waals surface area contributed by atoms with Gasteiger partial charge in [0.1, 0.15) is 6.10 Å². The summed E-state index contributed by atoms with van der Waals surface area (Å²) in [6.45, 7) is 2.34. The van der Waals surface area contributed by atoms with Crippen LogP contribution in [0.5, 0.6) is 0 Å². The van der Waals surface area contributed by atoms with Crippen molar-refractivity contribution in [1.82, 2.24) is 0 Å². The number of carbonyl (C=O) groups is 1. The van der Waals surface area contributed by atoms with Gasteiger partial charge in [-0.25, -0.2) is 0 Å². The molecule has 0 amide bonds. The Bertz CT molecular complexity index is 249. The first-order chi connectivity index (χ1) is 8.31. The lowest BCUT2D eigenvalue weighted by Crippen LogP contribution is -2.51. The van der Waals surface area contributed by atoms with Gasteiger partial charge in [0, 0.05) is 20.1 Å². The smallest absolute Gasteiger partial charge is 0.166 e. The maximum Gasteiger partial charge on any atom is 0.166 e. The van der Waals surface area contributed by atoms with E-state index in [1.165, 1.54) is 0 Å². The molecule has 17 heavy (non-hydrogen) atoms. The van der Waals surface area contributed by atoms with Gasteiger partial charge < -0.3 is 18.9 Å². The minimum atomic E-state index is -0.397. The van der Waals surface area contributed by atoms with Crippen LogP contribution >= 0.6 is 0 Å². The maximum absolute atomic E-state index is 11.4. The molecule has 3 unspecified atom stereocenters. The van der Waals surface area contributed by atoms with Gasteiger partial charge in [0.2, 0.25) is 0 Å². The number of hydrogen-bond donors (Lipinski definition) is 0. The molecule has 0 radical (unpaired) electrons. The lowest BCUT2D eigenvalue weighted by molar-refractivity contribution is -0.171. The highest BCUT2D eigenvalue weighted by atomic mass is 16.6. The number of Topliss-reactive ketones (excluding diaryl/α,β-unsaturated/α-hetero) is 1. The number of methoxy groups -OCH3 is 1. The SMILES string of the molecule is COCCOC1C(=O)CC1OCC1CCCO1. The first-order valence-corrected chi connectivity index (χ1v) is 6.17. The van der Waals surface area contributed by atoms with Gasteiger partial charge in [0.25, 0.3) is 0 Å². The summed E-state index contributed by atoms with van der Waals surface area (Å²) in [7, 11) is 1.61. The van der Waals surface area contributed by atoms with Crippen molar-refractivity contribution >= 4 is 5.78 Å². The van der Waals surface area contributed by atoms with Crippen LogP contribution in [0.4, 0.5) is 0 Å². The summed E-state index contributed by atoms with van der Waals surface area (Å²) in [5.74, 6) is 0.124. The van der Waals surface area contributed by atoms with Crippen molar-refractivity contribution in [3.05, 3.63) is 0 Å². The normalized spacial score (nSPS) is 32.8. The van der Waals surface area contributed by atoms with E-state index in [0.29, 0.717) is 26.2 Å². The molecule has 98 valence electrons. The van der Waals surface area contributed by atoms with E-state index < -0.39 is 6.10 Å². The van der Waals surface area contributed by atoms with Crippen molar-refractivity contribution in [2.75, 3.05) is 33.5 Å². The van der Waals surface area contributed by atoms with E-state index in [0.717, 1.165) is 19.4 Å². The Hall–Kier alpha value is -0.490. The predicted molar refractivity (Wildman–Crippen MR) is 60.0 cm³/mol. The molecule has 0 N–H and O–H groups in total. The highest BCUT2D eigenvalue weighted by molar-refractivity contribution is 5.90. The van der Waals surface area contributed by atoms with Crippen LogP contribution in [0.1, 0.15) is 19.3 Å². The molecule has 1 saturated heterocycles. The van der Waals surface area contributed by atoms with E-state index in [-0.39, 0.29) is 18.0 Å². The molecule has 0 aromatic heterocycles. The van der Waals surface area contributed by atoms with Crippen molar-refractivity contribution in [2.24, 2.45) is 0 Å². The summed E-state index contributed by atoms with van der Waals surface area (Å²) in [6, 6.07) is 0. The molecule has 0 spiro atoms. The molecule has 5 heteroatoms. The highest BCUT2D eigenvalue weighted by Gasteiger charge is 2.42. The zero-order chi connectivity index (χ0) is 12.1. The number of carbonyl (C=O) groups excluding carboxylic acids is 1. The van der Waals surface area contributed by atoms with Crippen molar-refractivity contribution in [2.45, 2.75) is 37.6 Å². The van der Waals surface area contributed by atoms with Crippen molar-refractivity contribution in [3.63, 3.8) is 0 Å². The molecule has 2 fully saturated rings. The van der Waals surface area contributed by atoms with Gasteiger partial charge >= 0.3 is 0 Å². The topological polar surface area (TPSA) is 54.0 Å². The Kier molecular flexibility index (Phi) is 4.91. The van der Waals surface area contributed by atoms with E-state index in [1.807, 2.05) is 0 Å². The number of ether oxygens (including phenoxy) is 4. The summed E-state index contributed by atoms with van der Waals surface area (Å²) in [5, 5.41) is 0. The Morgan fingerprint density at radius 1 is 1.35 bits per heavy atom. The molecule has 0 bridgehead atoms. The summed E-state index contributed by atoms with van der Waals surface area (Å²) < 4.78 is 21.4. The monoisotopic (exact) mass is 244 g/mol. The number of hydrogen-bond acceptors (Lipinski definition) is 5. The lowest BCUT2D eigenvalue weighted by Gasteiger charge is -2.34. The molecular weight excluding hydrogens is 224 g/mol. The van der Waals surface area contributed by atoms with Gasteiger partial charge in [-0.1, -0.05) is 0 Å². The fourth-order valence-electron chi connectivity index (χ4n) is 2.08. The second kappa shape index (κ2) is 6.44. The van der Waals surface area contributed by atoms with E-state index in [4.69, 9.17) is 18.9 Å². The lowest BCUT2D eigenvalue weighted by atomic mass is 9.90. The van der Waals surface area contributed by atoms with Gasteiger partial charge in [-0.05, 0) is 12.8 Å². The van der Waals surface area contributed by atoms with Crippen LogP contribution in [0.2, 0.25) is 0 Å². The summed E-state index contributed by atoms with van der Waals surface area (Å²) in [5.41, 5.74) is 0. The van der Waals surface area contributed by atoms with Crippen molar-refractivity contribution < 1.29 is 23.7 Å². The molecule has 3 atom stereocenters. The molecular formula is C12H20O5. The molecule has 1 aliphatic carbocycles. The van der Waals surface area contributed by atoms with Crippen LogP contribution in [-0.2, 0) is 23.7 Å². The van der Waals surface area contributed by atoms with Crippen LogP contribution in [0, 0.1) is 0 Å². The third-order valence-corrected chi connectivity index (χ3v) is 3.16. The standard InChI is InChI=1S/C12H20O5/c1-14-5-6-16-12-10(13)7-11(12)17-8-9-3-2-4-15-9/h9,11-12H,2-8H2,1H3. The van der Waals surface area contributed by atoms with E-state index in [2.05, 4.69) is 0 Å². The molecule has 1 saturated carbocycles. The van der Waals surface area contributed by atoms with E-state index in [9.17, 15) is 4.79 Å². The van der Waals surface area contributed by atoms with Gasteiger partial charge in [-0.3, -0.25) is 4.79 Å². The summed E-state index contributed by atoms with van der Waals surface area (Å²) >= 11 is 0. The average Bonchev–Trinajstić information content (AvgIpc) is 2.83. The van der Waals surface area contributed by atoms with Crippen molar-refractivity contribution in [3.8, 4) is 0 Å². The molecule has 5 nitrogen and oxygen atoms in total. The predicted octanol–water partition coefficient (Wildman–Crippen LogP) is 0.555. The number of ketones is 1. The van der Waals surface area contributed by atoms with E-state index >= 15 is 0 Å². The molecule has 2 rings (SSSR count). The second-order valence-electron chi connectivity index (χ2n) is 4.46. The van der Waals surface area contributed by atoms with Gasteiger partial charge in [0.15, 0.2) is 5.78 Å². The average molecular weight is 244 g/mol. The molecule has 1 heterocycles. The van der Waals surface area contributed by atoms with Crippen LogP contribution < -0.4 is 0 Å². The second-order valence-corrected chi connectivity index (χ2v) is 4.46. The van der Waals surface area contributed by atoms with Gasteiger partial charge in [0.05, 0.1) is 32.0 Å². The highest BCUT2D eigenvalue weighted by Crippen LogP contribution is 2.24. The maximum atomic E-state index is 11.4.